The maximum atomic E-state index is 13.1. The number of aryl methyl sites for hydroxylation is 2. The molecule has 0 saturated carbocycles. The van der Waals surface area contributed by atoms with E-state index in [-0.39, 0.29) is 11.8 Å². The van der Waals surface area contributed by atoms with Crippen LogP contribution in [0.15, 0.2) is 41.4 Å². The van der Waals surface area contributed by atoms with E-state index in [1.54, 1.807) is 24.4 Å². The van der Waals surface area contributed by atoms with Gasteiger partial charge in [-0.1, -0.05) is 6.07 Å². The molecule has 0 bridgehead atoms. The first-order valence-electron chi connectivity index (χ1n) is 11.3. The second-order valence-electron chi connectivity index (χ2n) is 8.75. The van der Waals surface area contributed by atoms with Crippen LogP contribution in [-0.4, -0.2) is 67.8 Å². The van der Waals surface area contributed by atoms with Crippen molar-refractivity contribution in [3.63, 3.8) is 0 Å². The molecule has 2 aromatic rings. The van der Waals surface area contributed by atoms with Gasteiger partial charge in [-0.15, -0.1) is 0 Å². The highest BCUT2D eigenvalue weighted by molar-refractivity contribution is 7.89. The molecular weight excluding hydrogens is 438 g/mol. The first-order valence-corrected chi connectivity index (χ1v) is 12.7. The summed E-state index contributed by atoms with van der Waals surface area (Å²) in [6.07, 6.45) is 3.04. The summed E-state index contributed by atoms with van der Waals surface area (Å²) >= 11 is 0. The zero-order valence-electron chi connectivity index (χ0n) is 19.1. The van der Waals surface area contributed by atoms with E-state index in [0.29, 0.717) is 36.6 Å². The highest BCUT2D eigenvalue weighted by Crippen LogP contribution is 2.25. The van der Waals surface area contributed by atoms with E-state index < -0.39 is 10.0 Å². The number of sulfonamides is 1. The van der Waals surface area contributed by atoms with Crippen molar-refractivity contribution in [1.29, 1.82) is 5.26 Å². The monoisotopic (exact) mass is 467 g/mol. The number of rotatable bonds is 4. The summed E-state index contributed by atoms with van der Waals surface area (Å²) in [4.78, 5) is 21.7. The van der Waals surface area contributed by atoms with Crippen LogP contribution in [0.5, 0.6) is 0 Å². The average Bonchev–Trinajstić information content (AvgIpc) is 2.85. The van der Waals surface area contributed by atoms with Crippen LogP contribution in [0.25, 0.3) is 0 Å². The summed E-state index contributed by atoms with van der Waals surface area (Å²) in [6, 6.07) is 10.9. The van der Waals surface area contributed by atoms with E-state index in [9.17, 15) is 13.2 Å². The van der Waals surface area contributed by atoms with Crippen molar-refractivity contribution in [3.05, 3.63) is 53.2 Å². The van der Waals surface area contributed by atoms with Gasteiger partial charge >= 0.3 is 0 Å². The number of pyridine rings is 1. The molecule has 2 aliphatic heterocycles. The van der Waals surface area contributed by atoms with Crippen LogP contribution in [0.1, 0.15) is 29.5 Å². The van der Waals surface area contributed by atoms with Gasteiger partial charge < -0.3 is 9.80 Å². The number of carbonyl (C=O) groups excluding carboxylic acids is 1. The van der Waals surface area contributed by atoms with Gasteiger partial charge in [-0.2, -0.15) is 9.57 Å². The smallest absolute Gasteiger partial charge is 0.243 e. The molecule has 2 saturated heterocycles. The van der Waals surface area contributed by atoms with Crippen molar-refractivity contribution in [2.75, 3.05) is 44.2 Å². The number of hydrogen-bond acceptors (Lipinski definition) is 6. The molecule has 4 rings (SSSR count). The normalized spacial score (nSPS) is 18.2. The standard InChI is InChI=1S/C24H29N5O3S/c1-18-3-5-22(15-19(18)2)33(31,32)29-13-11-28(12-14-29)24(30)21-7-9-27(10-8-21)23-6-4-20(16-25)17-26-23/h3-6,15,17,21H,7-14H2,1-2H3. The minimum atomic E-state index is -3.56. The first-order chi connectivity index (χ1) is 15.8. The van der Waals surface area contributed by atoms with Gasteiger partial charge in [-0.05, 0) is 62.1 Å². The van der Waals surface area contributed by atoms with Crippen LogP contribution in [0.2, 0.25) is 0 Å². The van der Waals surface area contributed by atoms with E-state index >= 15 is 0 Å². The van der Waals surface area contributed by atoms with Crippen molar-refractivity contribution >= 4 is 21.7 Å². The van der Waals surface area contributed by atoms with Gasteiger partial charge in [0.15, 0.2) is 0 Å². The summed E-state index contributed by atoms with van der Waals surface area (Å²) in [5, 5.41) is 8.92. The maximum absolute atomic E-state index is 13.1. The molecule has 0 spiro atoms. The lowest BCUT2D eigenvalue weighted by atomic mass is 9.95. The lowest BCUT2D eigenvalue weighted by Gasteiger charge is -2.38. The molecular formula is C24H29N5O3S. The van der Waals surface area contributed by atoms with Crippen molar-refractivity contribution < 1.29 is 13.2 Å². The molecule has 0 atom stereocenters. The maximum Gasteiger partial charge on any atom is 0.243 e. The van der Waals surface area contributed by atoms with E-state index in [1.165, 1.54) is 4.31 Å². The first kappa shape index (κ1) is 23.2. The third-order valence-electron chi connectivity index (χ3n) is 6.71. The number of amides is 1. The van der Waals surface area contributed by atoms with Gasteiger partial charge in [0.05, 0.1) is 10.5 Å². The number of piperazine rings is 1. The minimum absolute atomic E-state index is 0.0532. The van der Waals surface area contributed by atoms with Crippen molar-refractivity contribution in [1.82, 2.24) is 14.2 Å². The Hall–Kier alpha value is -2.96. The van der Waals surface area contributed by atoms with Crippen LogP contribution >= 0.6 is 0 Å². The molecule has 1 amide bonds. The van der Waals surface area contributed by atoms with E-state index in [2.05, 4.69) is 16.0 Å². The fourth-order valence-corrected chi connectivity index (χ4v) is 5.93. The fraction of sp³-hybridized carbons (Fsp3) is 0.458. The summed E-state index contributed by atoms with van der Waals surface area (Å²) < 4.78 is 27.6. The van der Waals surface area contributed by atoms with Crippen LogP contribution in [0.3, 0.4) is 0 Å². The predicted molar refractivity (Wildman–Crippen MR) is 125 cm³/mol. The van der Waals surface area contributed by atoms with Gasteiger partial charge in [0.1, 0.15) is 11.9 Å². The Balaban J connectivity index is 1.31. The number of carbonyl (C=O) groups is 1. The summed E-state index contributed by atoms with van der Waals surface area (Å²) in [5.74, 6) is 0.887. The average molecular weight is 468 g/mol. The van der Waals surface area contributed by atoms with Gasteiger partial charge in [0.25, 0.3) is 0 Å². The lowest BCUT2D eigenvalue weighted by molar-refractivity contribution is -0.137. The molecule has 8 nitrogen and oxygen atoms in total. The van der Waals surface area contributed by atoms with Crippen molar-refractivity contribution in [3.8, 4) is 6.07 Å². The molecule has 0 unspecified atom stereocenters. The van der Waals surface area contributed by atoms with Crippen LogP contribution in [0.4, 0.5) is 5.82 Å². The Bertz CT molecular complexity index is 1160. The van der Waals surface area contributed by atoms with Crippen LogP contribution in [0, 0.1) is 31.1 Å². The number of aromatic nitrogens is 1. The Kier molecular flexibility index (Phi) is 6.68. The molecule has 0 aliphatic carbocycles. The molecule has 1 aromatic heterocycles. The molecule has 174 valence electrons. The topological polar surface area (TPSA) is 97.6 Å². The number of anilines is 1. The van der Waals surface area contributed by atoms with Crippen LogP contribution in [-0.2, 0) is 14.8 Å². The molecule has 2 aliphatic rings. The third kappa shape index (κ3) is 4.87. The second kappa shape index (κ2) is 9.49. The third-order valence-corrected chi connectivity index (χ3v) is 8.61. The molecule has 0 N–H and O–H groups in total. The predicted octanol–water partition coefficient (Wildman–Crippen LogP) is 2.32. The lowest BCUT2D eigenvalue weighted by Crippen LogP contribution is -2.52. The van der Waals surface area contributed by atoms with Gasteiger partial charge in [-0.25, -0.2) is 13.4 Å². The van der Waals surface area contributed by atoms with Crippen molar-refractivity contribution in [2.45, 2.75) is 31.6 Å². The Morgan fingerprint density at radius 3 is 2.27 bits per heavy atom. The number of nitrogens with zero attached hydrogens (tertiary/aromatic N) is 5. The number of benzene rings is 1. The largest absolute Gasteiger partial charge is 0.357 e. The van der Waals surface area contributed by atoms with Gasteiger partial charge in [0.2, 0.25) is 15.9 Å². The second-order valence-corrected chi connectivity index (χ2v) is 10.7. The van der Waals surface area contributed by atoms with Gasteiger partial charge in [-0.3, -0.25) is 4.79 Å². The number of hydrogen-bond donors (Lipinski definition) is 0. The molecule has 1 aromatic carbocycles. The highest BCUT2D eigenvalue weighted by atomic mass is 32.2. The fourth-order valence-electron chi connectivity index (χ4n) is 4.43. The molecule has 9 heteroatoms. The van der Waals surface area contributed by atoms with Gasteiger partial charge in [0, 0.05) is 51.4 Å². The Morgan fingerprint density at radius 1 is 1.00 bits per heavy atom. The minimum Gasteiger partial charge on any atom is -0.357 e. The quantitative estimate of drug-likeness (QED) is 0.685. The Labute approximate surface area is 195 Å². The zero-order chi connectivity index (χ0) is 23.6. The summed E-state index contributed by atoms with van der Waals surface area (Å²) in [7, 11) is -3.56. The zero-order valence-corrected chi connectivity index (χ0v) is 19.9. The molecule has 2 fully saturated rings. The summed E-state index contributed by atoms with van der Waals surface area (Å²) in [5.41, 5.74) is 2.54. The van der Waals surface area contributed by atoms with Crippen LogP contribution < -0.4 is 4.90 Å². The van der Waals surface area contributed by atoms with E-state index in [1.807, 2.05) is 30.9 Å². The van der Waals surface area contributed by atoms with E-state index in [0.717, 1.165) is 42.9 Å². The van der Waals surface area contributed by atoms with Crippen molar-refractivity contribution in [2.24, 2.45) is 5.92 Å². The van der Waals surface area contributed by atoms with E-state index in [4.69, 9.17) is 5.26 Å². The molecule has 0 radical (unpaired) electrons. The number of nitriles is 1. The Morgan fingerprint density at radius 2 is 1.70 bits per heavy atom. The highest BCUT2D eigenvalue weighted by Gasteiger charge is 2.34. The number of piperidine rings is 1. The molecule has 3 heterocycles. The SMILES string of the molecule is Cc1ccc(S(=O)(=O)N2CCN(C(=O)C3CCN(c4ccc(C#N)cn4)CC3)CC2)cc1C. The molecule has 33 heavy (non-hydrogen) atoms. The summed E-state index contributed by atoms with van der Waals surface area (Å²) in [6.45, 7) is 6.80.